The predicted molar refractivity (Wildman–Crippen MR) is 192 cm³/mol. The van der Waals surface area contributed by atoms with Crippen LogP contribution in [0.3, 0.4) is 0 Å². The number of halogens is 1. The summed E-state index contributed by atoms with van der Waals surface area (Å²) in [5, 5.41) is 1.08. The van der Waals surface area contributed by atoms with Crippen molar-refractivity contribution in [3.8, 4) is 0 Å². The lowest BCUT2D eigenvalue weighted by molar-refractivity contribution is -0.176. The van der Waals surface area contributed by atoms with Gasteiger partial charge in [0, 0.05) is 45.0 Å². The Hall–Kier alpha value is 0.240. The molecule has 0 bridgehead atoms. The molecule has 0 radical (unpaired) electrons. The Morgan fingerprint density at radius 1 is 0.533 bits per heavy atom. The predicted octanol–water partition coefficient (Wildman–Crippen LogP) is 10.9. The number of unbranched alkanes of at least 4 members (excludes halogenated alkanes) is 4. The molecular weight excluding hydrogens is 632 g/mol. The molecule has 6 nitrogen and oxygen atoms in total. The van der Waals surface area contributed by atoms with Crippen LogP contribution in [-0.2, 0) is 28.4 Å². The summed E-state index contributed by atoms with van der Waals surface area (Å²) in [4.78, 5) is 0. The third kappa shape index (κ3) is 27.8. The molecule has 2 aliphatic heterocycles. The normalized spacial score (nSPS) is 19.7. The highest BCUT2D eigenvalue weighted by atomic mass is 79.9. The van der Waals surface area contributed by atoms with Crippen LogP contribution in [-0.4, -0.2) is 70.8 Å². The second-order valence-electron chi connectivity index (χ2n) is 16.1. The molecule has 270 valence electrons. The molecule has 0 spiro atoms. The van der Waals surface area contributed by atoms with E-state index in [2.05, 4.69) is 64.4 Å². The van der Waals surface area contributed by atoms with Crippen molar-refractivity contribution in [2.24, 2.45) is 16.2 Å². The van der Waals surface area contributed by atoms with E-state index in [-0.39, 0.29) is 23.4 Å². The van der Waals surface area contributed by atoms with Gasteiger partial charge in [0.25, 0.3) is 0 Å². The van der Waals surface area contributed by atoms with Gasteiger partial charge in [-0.05, 0) is 106 Å². The molecule has 0 aromatic carbocycles. The van der Waals surface area contributed by atoms with Crippen LogP contribution >= 0.6 is 15.9 Å². The van der Waals surface area contributed by atoms with E-state index in [1.807, 2.05) is 0 Å². The van der Waals surface area contributed by atoms with Gasteiger partial charge in [0.2, 0.25) is 0 Å². The first-order valence-electron chi connectivity index (χ1n) is 18.6. The van der Waals surface area contributed by atoms with E-state index in [1.165, 1.54) is 77.0 Å². The summed E-state index contributed by atoms with van der Waals surface area (Å²) in [7, 11) is 0. The SMILES string of the molecule is CC(C)(C)CCCCOCCCCC(C)(C)COC1CCCCO1.CC(C)(CCCCOCCCCBr)COC1CCCCO1. The van der Waals surface area contributed by atoms with Crippen LogP contribution in [0.5, 0.6) is 0 Å². The molecule has 2 fully saturated rings. The zero-order valence-electron chi connectivity index (χ0n) is 30.9. The second-order valence-corrected chi connectivity index (χ2v) is 16.9. The van der Waals surface area contributed by atoms with Crippen molar-refractivity contribution in [3.05, 3.63) is 0 Å². The molecule has 0 N–H and O–H groups in total. The van der Waals surface area contributed by atoms with Crippen LogP contribution in [0, 0.1) is 16.2 Å². The molecule has 2 saturated heterocycles. The Bertz CT molecular complexity index is 653. The standard InChI is InChI=1S/C21H42O3.C17H33BrO3/c1-20(2,3)13-7-10-15-22-16-11-8-14-21(4,5)18-24-19-12-6-9-17-23-19;1-17(2,15-21-16-9-3-6-14-20-16)10-4-7-12-19-13-8-5-11-18/h19H,6-18H2,1-5H3;16H,3-15H2,1-2H3. The molecule has 0 amide bonds. The third-order valence-corrected chi connectivity index (χ3v) is 9.08. The first-order chi connectivity index (χ1) is 21.4. The van der Waals surface area contributed by atoms with Crippen molar-refractivity contribution < 1.29 is 28.4 Å². The van der Waals surface area contributed by atoms with Gasteiger partial charge >= 0.3 is 0 Å². The van der Waals surface area contributed by atoms with Gasteiger partial charge in [-0.3, -0.25) is 0 Å². The summed E-state index contributed by atoms with van der Waals surface area (Å²) in [5.41, 5.74) is 0.917. The van der Waals surface area contributed by atoms with Crippen LogP contribution in [0.15, 0.2) is 0 Å². The summed E-state index contributed by atoms with van der Waals surface area (Å²) in [6, 6.07) is 0. The van der Waals surface area contributed by atoms with Crippen LogP contribution in [0.1, 0.15) is 158 Å². The summed E-state index contributed by atoms with van der Waals surface area (Å²) < 4.78 is 34.5. The Morgan fingerprint density at radius 3 is 1.29 bits per heavy atom. The second kappa shape index (κ2) is 26.2. The number of alkyl halides is 1. The molecule has 0 aromatic rings. The lowest BCUT2D eigenvalue weighted by Gasteiger charge is -2.29. The van der Waals surface area contributed by atoms with Gasteiger partial charge in [0.1, 0.15) is 0 Å². The minimum Gasteiger partial charge on any atom is -0.381 e. The monoisotopic (exact) mass is 706 g/mol. The molecule has 0 saturated carbocycles. The largest absolute Gasteiger partial charge is 0.381 e. The smallest absolute Gasteiger partial charge is 0.157 e. The minimum absolute atomic E-state index is 0.0365. The van der Waals surface area contributed by atoms with E-state index in [9.17, 15) is 0 Å². The summed E-state index contributed by atoms with van der Waals surface area (Å²) in [6.07, 6.45) is 20.2. The van der Waals surface area contributed by atoms with Crippen molar-refractivity contribution in [1.29, 1.82) is 0 Å². The maximum atomic E-state index is 5.94. The summed E-state index contributed by atoms with van der Waals surface area (Å²) in [5.74, 6) is 0. The van der Waals surface area contributed by atoms with Crippen molar-refractivity contribution in [3.63, 3.8) is 0 Å². The molecule has 2 heterocycles. The van der Waals surface area contributed by atoms with E-state index in [1.54, 1.807) is 0 Å². The van der Waals surface area contributed by atoms with Gasteiger partial charge in [-0.1, -0.05) is 83.7 Å². The maximum Gasteiger partial charge on any atom is 0.157 e. The maximum absolute atomic E-state index is 5.94. The van der Waals surface area contributed by atoms with Crippen molar-refractivity contribution in [1.82, 2.24) is 0 Å². The van der Waals surface area contributed by atoms with Gasteiger partial charge in [-0.25, -0.2) is 0 Å². The Kier molecular flexibility index (Phi) is 25.1. The van der Waals surface area contributed by atoms with E-state index < -0.39 is 0 Å². The topological polar surface area (TPSA) is 55.4 Å². The highest BCUT2D eigenvalue weighted by molar-refractivity contribution is 9.09. The number of hydrogen-bond acceptors (Lipinski definition) is 6. The lowest BCUT2D eigenvalue weighted by Crippen LogP contribution is -2.28. The summed E-state index contributed by atoms with van der Waals surface area (Å²) >= 11 is 3.43. The Balaban J connectivity index is 0.000000454. The van der Waals surface area contributed by atoms with E-state index in [0.717, 1.165) is 90.3 Å². The fraction of sp³-hybridized carbons (Fsp3) is 1.00. The zero-order valence-corrected chi connectivity index (χ0v) is 32.5. The molecule has 0 aromatic heterocycles. The molecule has 7 heteroatoms. The average Bonchev–Trinajstić information content (AvgIpc) is 3.00. The van der Waals surface area contributed by atoms with E-state index in [0.29, 0.717) is 5.41 Å². The quantitative estimate of drug-likeness (QED) is 0.0735. The zero-order chi connectivity index (χ0) is 33.3. The molecule has 0 aliphatic carbocycles. The van der Waals surface area contributed by atoms with E-state index >= 15 is 0 Å². The number of ether oxygens (including phenoxy) is 6. The Morgan fingerprint density at radius 2 is 0.933 bits per heavy atom. The Labute approximate surface area is 288 Å². The molecule has 2 atom stereocenters. The number of rotatable bonds is 24. The molecule has 2 rings (SSSR count). The first kappa shape index (κ1) is 43.3. The van der Waals surface area contributed by atoms with Gasteiger partial charge in [-0.2, -0.15) is 0 Å². The first-order valence-corrected chi connectivity index (χ1v) is 19.7. The van der Waals surface area contributed by atoms with Gasteiger partial charge in [0.05, 0.1) is 13.2 Å². The highest BCUT2D eigenvalue weighted by Crippen LogP contribution is 2.27. The van der Waals surface area contributed by atoms with Crippen molar-refractivity contribution in [2.75, 3.05) is 58.2 Å². The number of hydrogen-bond donors (Lipinski definition) is 0. The van der Waals surface area contributed by atoms with Gasteiger partial charge < -0.3 is 28.4 Å². The molecule has 2 unspecified atom stereocenters. The lowest BCUT2D eigenvalue weighted by atomic mass is 9.88. The molecule has 2 aliphatic rings. The van der Waals surface area contributed by atoms with Crippen molar-refractivity contribution >= 4 is 15.9 Å². The van der Waals surface area contributed by atoms with Gasteiger partial charge in [-0.15, -0.1) is 0 Å². The molecular formula is C38H75BrO6. The van der Waals surface area contributed by atoms with E-state index in [4.69, 9.17) is 28.4 Å². The van der Waals surface area contributed by atoms with Crippen LogP contribution < -0.4 is 0 Å². The third-order valence-electron chi connectivity index (χ3n) is 8.52. The van der Waals surface area contributed by atoms with Crippen LogP contribution in [0.2, 0.25) is 0 Å². The average molecular weight is 708 g/mol. The fourth-order valence-electron chi connectivity index (χ4n) is 5.44. The minimum atomic E-state index is 0.0365. The van der Waals surface area contributed by atoms with Crippen LogP contribution in [0.25, 0.3) is 0 Å². The highest BCUT2D eigenvalue weighted by Gasteiger charge is 2.23. The van der Waals surface area contributed by atoms with Gasteiger partial charge in [0.15, 0.2) is 12.6 Å². The fourth-order valence-corrected chi connectivity index (χ4v) is 5.84. The van der Waals surface area contributed by atoms with Crippen LogP contribution in [0.4, 0.5) is 0 Å². The molecule has 45 heavy (non-hydrogen) atoms. The van der Waals surface area contributed by atoms with Crippen molar-refractivity contribution in [2.45, 2.75) is 170 Å². The summed E-state index contributed by atoms with van der Waals surface area (Å²) in [6.45, 7) is 23.0.